The molecule has 1 N–H and O–H groups in total. The number of nitrogens with one attached hydrogen (secondary N) is 1. The Bertz CT molecular complexity index is 1310. The van der Waals surface area contributed by atoms with Crippen molar-refractivity contribution in [2.45, 2.75) is 44.9 Å². The van der Waals surface area contributed by atoms with Crippen molar-refractivity contribution in [1.82, 2.24) is 30.4 Å². The van der Waals surface area contributed by atoms with E-state index < -0.39 is 17.8 Å². The van der Waals surface area contributed by atoms with E-state index >= 15 is 0 Å². The topological polar surface area (TPSA) is 130 Å². The molecular formula is C29H37FN6O6. The SMILES string of the molecule is CCOCCCN(C(=O)Cn1nnc(-c2ccc(OC)c(OC)c2)n1)[C@H](C(=O)NC[C@@H]1CCCO1)c1ccc(F)cc1. The van der Waals surface area contributed by atoms with Crippen molar-refractivity contribution in [3.8, 4) is 22.9 Å². The molecule has 0 spiro atoms. The normalized spacial score (nSPS) is 15.3. The second kappa shape index (κ2) is 15.2. The van der Waals surface area contributed by atoms with Gasteiger partial charge in [-0.1, -0.05) is 12.1 Å². The predicted molar refractivity (Wildman–Crippen MR) is 150 cm³/mol. The van der Waals surface area contributed by atoms with Crippen LogP contribution in [0.15, 0.2) is 42.5 Å². The summed E-state index contributed by atoms with van der Waals surface area (Å²) in [6.45, 7) is 3.72. The molecule has 2 atom stereocenters. The maximum atomic E-state index is 13.8. The second-order valence-electron chi connectivity index (χ2n) is 9.69. The van der Waals surface area contributed by atoms with Gasteiger partial charge in [0.25, 0.3) is 0 Å². The molecule has 2 amide bonds. The van der Waals surface area contributed by atoms with Crippen LogP contribution in [0.2, 0.25) is 0 Å². The van der Waals surface area contributed by atoms with Gasteiger partial charge in [0.05, 0.1) is 20.3 Å². The zero-order chi connectivity index (χ0) is 29.9. The number of aromatic nitrogens is 4. The molecule has 12 nitrogen and oxygen atoms in total. The minimum Gasteiger partial charge on any atom is -0.493 e. The molecule has 1 aliphatic rings. The number of halogens is 1. The van der Waals surface area contributed by atoms with Crippen molar-refractivity contribution in [2.24, 2.45) is 0 Å². The molecule has 1 saturated heterocycles. The van der Waals surface area contributed by atoms with Gasteiger partial charge in [0, 0.05) is 38.5 Å². The summed E-state index contributed by atoms with van der Waals surface area (Å²) < 4.78 is 35.6. The quantitative estimate of drug-likeness (QED) is 0.268. The molecule has 0 unspecified atom stereocenters. The number of rotatable bonds is 15. The van der Waals surface area contributed by atoms with Crippen molar-refractivity contribution in [2.75, 3.05) is 47.1 Å². The van der Waals surface area contributed by atoms with Crippen molar-refractivity contribution in [1.29, 1.82) is 0 Å². The third kappa shape index (κ3) is 8.01. The zero-order valence-electron chi connectivity index (χ0n) is 24.1. The maximum Gasteiger partial charge on any atom is 0.247 e. The van der Waals surface area contributed by atoms with Gasteiger partial charge >= 0.3 is 0 Å². The molecule has 0 bridgehead atoms. The number of hydrogen-bond donors (Lipinski definition) is 1. The molecule has 0 saturated carbocycles. The second-order valence-corrected chi connectivity index (χ2v) is 9.69. The van der Waals surface area contributed by atoms with E-state index in [1.165, 1.54) is 41.1 Å². The lowest BCUT2D eigenvalue weighted by Gasteiger charge is -2.31. The average molecular weight is 585 g/mol. The van der Waals surface area contributed by atoms with E-state index in [4.69, 9.17) is 18.9 Å². The van der Waals surface area contributed by atoms with Gasteiger partial charge in [-0.15, -0.1) is 10.2 Å². The summed E-state index contributed by atoms with van der Waals surface area (Å²) in [4.78, 5) is 30.0. The minimum atomic E-state index is -1.02. The van der Waals surface area contributed by atoms with E-state index in [9.17, 15) is 14.0 Å². The number of hydrogen-bond acceptors (Lipinski definition) is 9. The Hall–Kier alpha value is -4.10. The van der Waals surface area contributed by atoms with Crippen molar-refractivity contribution in [3.05, 3.63) is 53.8 Å². The Morgan fingerprint density at radius 3 is 2.64 bits per heavy atom. The minimum absolute atomic E-state index is 0.0840. The Kier molecular flexibility index (Phi) is 11.2. The molecular weight excluding hydrogens is 547 g/mol. The summed E-state index contributed by atoms with van der Waals surface area (Å²) in [7, 11) is 3.07. The molecule has 1 fully saturated rings. The molecule has 42 heavy (non-hydrogen) atoms. The smallest absolute Gasteiger partial charge is 0.247 e. The van der Waals surface area contributed by atoms with Crippen LogP contribution in [0.25, 0.3) is 11.4 Å². The summed E-state index contributed by atoms with van der Waals surface area (Å²) in [5, 5.41) is 15.5. The number of carbonyl (C=O) groups is 2. The highest BCUT2D eigenvalue weighted by Crippen LogP contribution is 2.31. The monoisotopic (exact) mass is 584 g/mol. The first-order chi connectivity index (χ1) is 20.4. The number of nitrogens with zero attached hydrogens (tertiary/aromatic N) is 5. The molecule has 13 heteroatoms. The summed E-state index contributed by atoms with van der Waals surface area (Å²) in [6.07, 6.45) is 2.18. The molecule has 2 heterocycles. The first kappa shape index (κ1) is 30.8. The first-order valence-corrected chi connectivity index (χ1v) is 14.0. The highest BCUT2D eigenvalue weighted by Gasteiger charge is 2.32. The fourth-order valence-electron chi connectivity index (χ4n) is 4.73. The molecule has 226 valence electrons. The zero-order valence-corrected chi connectivity index (χ0v) is 24.1. The van der Waals surface area contributed by atoms with Crippen LogP contribution in [0.3, 0.4) is 0 Å². The fourth-order valence-corrected chi connectivity index (χ4v) is 4.73. The van der Waals surface area contributed by atoms with Crippen molar-refractivity contribution < 1.29 is 32.9 Å². The molecule has 3 aromatic rings. The van der Waals surface area contributed by atoms with Crippen LogP contribution < -0.4 is 14.8 Å². The maximum absolute atomic E-state index is 13.8. The van der Waals surface area contributed by atoms with Crippen LogP contribution in [-0.4, -0.2) is 90.2 Å². The van der Waals surface area contributed by atoms with E-state index in [-0.39, 0.29) is 30.9 Å². The summed E-state index contributed by atoms with van der Waals surface area (Å²) >= 11 is 0. The standard InChI is InChI=1S/C29H37FN6O6/c1-4-41-15-6-14-35(27(20-8-11-22(30)12-9-20)29(38)31-18-23-7-5-16-42-23)26(37)19-36-33-28(32-34-36)21-10-13-24(39-2)25(17-21)40-3/h8-13,17,23,27H,4-7,14-16,18-19H2,1-3H3,(H,31,38)/t23-,27-/m0/s1. The van der Waals surface area contributed by atoms with Gasteiger partial charge in [0.1, 0.15) is 18.4 Å². The van der Waals surface area contributed by atoms with Crippen LogP contribution in [0, 0.1) is 5.82 Å². The van der Waals surface area contributed by atoms with E-state index in [1.807, 2.05) is 6.92 Å². The molecule has 4 rings (SSSR count). The third-order valence-corrected chi connectivity index (χ3v) is 6.86. The summed E-state index contributed by atoms with van der Waals surface area (Å²) in [5.41, 5.74) is 1.10. The fraction of sp³-hybridized carbons (Fsp3) is 0.483. The van der Waals surface area contributed by atoms with Crippen LogP contribution in [0.5, 0.6) is 11.5 Å². The number of methoxy groups -OCH3 is 2. The van der Waals surface area contributed by atoms with Gasteiger partial charge in [-0.2, -0.15) is 4.80 Å². The summed E-state index contributed by atoms with van der Waals surface area (Å²) in [5.74, 6) is 0.0935. The van der Waals surface area contributed by atoms with Crippen LogP contribution in [0.4, 0.5) is 4.39 Å². The highest BCUT2D eigenvalue weighted by molar-refractivity contribution is 5.88. The number of carbonyl (C=O) groups excluding carboxylic acids is 2. The average Bonchev–Trinajstić information content (AvgIpc) is 3.70. The van der Waals surface area contributed by atoms with Crippen LogP contribution in [0.1, 0.15) is 37.8 Å². The van der Waals surface area contributed by atoms with E-state index in [2.05, 4.69) is 20.7 Å². The first-order valence-electron chi connectivity index (χ1n) is 14.0. The number of benzene rings is 2. The number of amides is 2. The lowest BCUT2D eigenvalue weighted by Crippen LogP contribution is -2.47. The number of ether oxygens (including phenoxy) is 4. The summed E-state index contributed by atoms with van der Waals surface area (Å²) in [6, 6.07) is 9.74. The van der Waals surface area contributed by atoms with Gasteiger partial charge < -0.3 is 29.2 Å². The molecule has 0 aliphatic carbocycles. The Morgan fingerprint density at radius 1 is 1.17 bits per heavy atom. The van der Waals surface area contributed by atoms with Gasteiger partial charge in [-0.25, -0.2) is 4.39 Å². The third-order valence-electron chi connectivity index (χ3n) is 6.86. The molecule has 1 aliphatic heterocycles. The molecule has 1 aromatic heterocycles. The predicted octanol–water partition coefficient (Wildman–Crippen LogP) is 2.79. The van der Waals surface area contributed by atoms with Crippen LogP contribution >= 0.6 is 0 Å². The van der Waals surface area contributed by atoms with Crippen molar-refractivity contribution >= 4 is 11.8 Å². The highest BCUT2D eigenvalue weighted by atomic mass is 19.1. The van der Waals surface area contributed by atoms with Crippen molar-refractivity contribution in [3.63, 3.8) is 0 Å². The lowest BCUT2D eigenvalue weighted by molar-refractivity contribution is -0.142. The van der Waals surface area contributed by atoms with E-state index in [0.717, 1.165) is 12.8 Å². The Balaban J connectivity index is 1.57. The number of tetrazole rings is 1. The molecule has 0 radical (unpaired) electrons. The lowest BCUT2D eigenvalue weighted by atomic mass is 10.0. The Labute approximate surface area is 244 Å². The van der Waals surface area contributed by atoms with Gasteiger partial charge in [0.2, 0.25) is 17.6 Å². The van der Waals surface area contributed by atoms with Crippen LogP contribution in [-0.2, 0) is 25.6 Å². The van der Waals surface area contributed by atoms with E-state index in [0.29, 0.717) is 55.4 Å². The van der Waals surface area contributed by atoms with Gasteiger partial charge in [-0.05, 0) is 67.3 Å². The van der Waals surface area contributed by atoms with Gasteiger partial charge in [0.15, 0.2) is 11.5 Å². The van der Waals surface area contributed by atoms with E-state index in [1.54, 1.807) is 25.3 Å². The Morgan fingerprint density at radius 2 is 1.95 bits per heavy atom. The molecule has 2 aromatic carbocycles. The largest absolute Gasteiger partial charge is 0.493 e. The van der Waals surface area contributed by atoms with Gasteiger partial charge in [-0.3, -0.25) is 9.59 Å².